The molecule has 4 fully saturated rings. The quantitative estimate of drug-likeness (QED) is 0.0814. The first-order valence-electron chi connectivity index (χ1n) is 25.7. The summed E-state index contributed by atoms with van der Waals surface area (Å²) in [5, 5.41) is 17.7. The number of nitrogens with zero attached hydrogens (tertiary/aromatic N) is 13. The van der Waals surface area contributed by atoms with E-state index in [2.05, 4.69) is 90.7 Å². The second kappa shape index (κ2) is 26.7. The largest absolute Gasteiger partial charge is 0.470 e. The zero-order valence-electron chi connectivity index (χ0n) is 43.1. The molecule has 10 rings (SSSR count). The van der Waals surface area contributed by atoms with E-state index < -0.39 is 35.9 Å². The van der Waals surface area contributed by atoms with E-state index in [1.165, 1.54) is 5.56 Å². The molecule has 4 aliphatic rings. The van der Waals surface area contributed by atoms with Gasteiger partial charge < -0.3 is 35.4 Å². The van der Waals surface area contributed by atoms with Gasteiger partial charge in [-0.1, -0.05) is 84.5 Å². The smallest absolute Gasteiger partial charge is 0.411 e. The first kappa shape index (κ1) is 60.1. The average Bonchev–Trinajstić information content (AvgIpc) is 4.30. The summed E-state index contributed by atoms with van der Waals surface area (Å²) in [5.74, 6) is -2.84. The number of hydrogen-bond acceptors (Lipinski definition) is 18. The first-order chi connectivity index (χ1) is 37.7. The summed E-state index contributed by atoms with van der Waals surface area (Å²) in [7, 11) is 0. The van der Waals surface area contributed by atoms with Crippen molar-refractivity contribution < 1.29 is 35.2 Å². The van der Waals surface area contributed by atoms with E-state index in [1.54, 1.807) is 0 Å². The van der Waals surface area contributed by atoms with Crippen LogP contribution in [0, 0.1) is 0 Å². The molecular formula is C50H59Cl5F6N16O2. The second-order valence-electron chi connectivity index (χ2n) is 19.3. The fourth-order valence-corrected chi connectivity index (χ4v) is 11.1. The fraction of sp³-hybridized carbons (Fsp3) is 0.520. The van der Waals surface area contributed by atoms with Crippen LogP contribution in [0.4, 0.5) is 49.6 Å². The second-order valence-corrected chi connectivity index (χ2v) is 21.2. The maximum atomic E-state index is 12.9. The topological polar surface area (TPSA) is 210 Å². The first-order valence-corrected chi connectivity index (χ1v) is 27.7. The molecular weight excluding hydrogens is 1150 g/mol. The Morgan fingerprint density at radius 1 is 0.570 bits per heavy atom. The lowest BCUT2D eigenvalue weighted by Crippen LogP contribution is -2.58. The number of aromatic nitrogens is 8. The maximum absolute atomic E-state index is 12.9. The van der Waals surface area contributed by atoms with Crippen LogP contribution >= 0.6 is 58.0 Å². The Morgan fingerprint density at radius 2 is 0.987 bits per heavy atom. The predicted molar refractivity (Wildman–Crippen MR) is 292 cm³/mol. The van der Waals surface area contributed by atoms with Crippen molar-refractivity contribution >= 4 is 81.3 Å². The van der Waals surface area contributed by atoms with Crippen LogP contribution in [0.3, 0.4) is 0 Å². The Bertz CT molecular complexity index is 2930. The number of nitrogens with two attached hydrogens (primary N) is 2. The molecule has 29 heteroatoms. The minimum Gasteiger partial charge on any atom is -0.411 e. The zero-order valence-corrected chi connectivity index (χ0v) is 46.9. The summed E-state index contributed by atoms with van der Waals surface area (Å²) in [5.41, 5.74) is 14.0. The molecule has 2 aromatic carbocycles. The minimum atomic E-state index is -4.78. The van der Waals surface area contributed by atoms with Crippen molar-refractivity contribution in [2.75, 3.05) is 86.7 Å². The molecule has 79 heavy (non-hydrogen) atoms. The molecule has 0 radical (unpaired) electrons. The normalized spacial score (nSPS) is 19.5. The average molecular weight is 1210 g/mol. The van der Waals surface area contributed by atoms with Crippen molar-refractivity contribution in [3.8, 4) is 23.2 Å². The number of halogens is 11. The molecule has 428 valence electrons. The Balaban J connectivity index is 0.000000183. The molecule has 6 aromatic rings. The van der Waals surface area contributed by atoms with Gasteiger partial charge in [-0.05, 0) is 100 Å². The minimum absolute atomic E-state index is 0.0183. The van der Waals surface area contributed by atoms with E-state index in [0.717, 1.165) is 99.9 Å². The SMILES string of the molecule is CC[C@H]1CN(c2nc(N)c(-c3nnc(C(F)(F)F)o3)nc2Cl)CCN1C1CCN(Cc2ccc(Cl)cc2)CC1.CC[C@H]1CN(c2nc(N)c(-c3nnc(C(F)(F)F)o3)nc2Cl)CCN1C1CCNCC1.ClCc1ccc(Cl)cc1. The fourth-order valence-electron chi connectivity index (χ4n) is 10.2. The van der Waals surface area contributed by atoms with Gasteiger partial charge >= 0.3 is 24.1 Å². The standard InChI is InChI=1S/C25H29Cl2F3N8O.C18H24ClF3N8O.C7H6Cl2/c1-2-17-14-37(22-20(27)32-19(21(31)33-22)23-34-35-24(39-23)25(28,29)30)11-12-38(17)18-7-9-36(10-8-18)13-15-3-5-16(26)6-4-15;1-2-10-9-29(7-8-30(10)11-3-5-24-6-4-11)15-13(19)25-12(14(23)26-15)16-27-28-17(31-16)18(20,21)22;8-5-6-1-3-7(9)4-2-6/h3-6,17-18H,2,7-14H2,1H3,(H2,31,33);10-11,24H,2-9H2,1H3,(H2,23,26);1-4H,5H2/t17-;10-;/m00./s1. The highest BCUT2D eigenvalue weighted by Gasteiger charge is 2.41. The number of anilines is 4. The number of likely N-dealkylation sites (tertiary alicyclic amines) is 1. The van der Waals surface area contributed by atoms with E-state index in [-0.39, 0.29) is 39.4 Å². The summed E-state index contributed by atoms with van der Waals surface area (Å²) in [6.45, 7) is 13.8. The molecule has 18 nitrogen and oxygen atoms in total. The van der Waals surface area contributed by atoms with Gasteiger partial charge in [0.25, 0.3) is 11.8 Å². The van der Waals surface area contributed by atoms with E-state index in [1.807, 2.05) is 46.2 Å². The molecule has 0 unspecified atom stereocenters. The van der Waals surface area contributed by atoms with Gasteiger partial charge in [-0.3, -0.25) is 14.7 Å². The third-order valence-electron chi connectivity index (χ3n) is 14.3. The van der Waals surface area contributed by atoms with Crippen molar-refractivity contribution in [3.05, 3.63) is 91.8 Å². The monoisotopic (exact) mass is 1200 g/mol. The van der Waals surface area contributed by atoms with Crippen LogP contribution in [0.25, 0.3) is 23.2 Å². The lowest BCUT2D eigenvalue weighted by Gasteiger charge is -2.47. The van der Waals surface area contributed by atoms with Crippen molar-refractivity contribution in [2.24, 2.45) is 0 Å². The van der Waals surface area contributed by atoms with Crippen LogP contribution in [0.1, 0.15) is 75.3 Å². The van der Waals surface area contributed by atoms with Gasteiger partial charge in [0.05, 0.1) is 0 Å². The van der Waals surface area contributed by atoms with Crippen molar-refractivity contribution in [1.82, 2.24) is 60.3 Å². The van der Waals surface area contributed by atoms with Crippen molar-refractivity contribution in [1.29, 1.82) is 0 Å². The Labute approximate surface area is 477 Å². The summed E-state index contributed by atoms with van der Waals surface area (Å²) in [4.78, 5) is 28.7. The molecule has 0 spiro atoms. The highest BCUT2D eigenvalue weighted by molar-refractivity contribution is 6.32. The van der Waals surface area contributed by atoms with Crippen LogP contribution in [0.2, 0.25) is 20.4 Å². The highest BCUT2D eigenvalue weighted by atomic mass is 35.5. The van der Waals surface area contributed by atoms with Crippen LogP contribution in [-0.4, -0.2) is 145 Å². The van der Waals surface area contributed by atoms with E-state index in [0.29, 0.717) is 61.8 Å². The van der Waals surface area contributed by atoms with Crippen LogP contribution in [-0.2, 0) is 24.8 Å². The molecule has 2 atom stereocenters. The summed E-state index contributed by atoms with van der Waals surface area (Å²) in [6, 6.07) is 17.2. The number of rotatable bonds is 11. The molecule has 5 N–H and O–H groups in total. The van der Waals surface area contributed by atoms with Crippen LogP contribution in [0.15, 0.2) is 57.4 Å². The Morgan fingerprint density at radius 3 is 1.38 bits per heavy atom. The highest BCUT2D eigenvalue weighted by Crippen LogP contribution is 2.37. The van der Waals surface area contributed by atoms with Crippen LogP contribution in [0.5, 0.6) is 0 Å². The van der Waals surface area contributed by atoms with Gasteiger partial charge in [0.1, 0.15) is 0 Å². The predicted octanol–water partition coefficient (Wildman–Crippen LogP) is 10.5. The molecule has 4 aliphatic heterocycles. The van der Waals surface area contributed by atoms with Gasteiger partial charge in [0.2, 0.25) is 0 Å². The van der Waals surface area contributed by atoms with E-state index in [9.17, 15) is 26.3 Å². The number of nitrogens with one attached hydrogen (secondary N) is 1. The number of alkyl halides is 7. The molecule has 0 aliphatic carbocycles. The number of benzene rings is 2. The number of nitrogen functional groups attached to an aromatic ring is 2. The number of hydrogen-bond donors (Lipinski definition) is 3. The van der Waals surface area contributed by atoms with Gasteiger partial charge in [-0.15, -0.1) is 32.0 Å². The maximum Gasteiger partial charge on any atom is 0.470 e. The summed E-state index contributed by atoms with van der Waals surface area (Å²) >= 11 is 30.0. The lowest BCUT2D eigenvalue weighted by atomic mass is 9.98. The zero-order chi connectivity index (χ0) is 56.6. The van der Waals surface area contributed by atoms with Crippen molar-refractivity contribution in [3.63, 3.8) is 0 Å². The third kappa shape index (κ3) is 15.3. The van der Waals surface area contributed by atoms with Gasteiger partial charge in [0.15, 0.2) is 45.0 Å². The molecule has 0 amide bonds. The lowest BCUT2D eigenvalue weighted by molar-refractivity contribution is -0.157. The van der Waals surface area contributed by atoms with E-state index in [4.69, 9.17) is 73.9 Å². The third-order valence-corrected chi connectivity index (χ3v) is 15.6. The van der Waals surface area contributed by atoms with Gasteiger partial charge in [-0.25, -0.2) is 19.9 Å². The number of piperazine rings is 2. The molecule has 0 saturated carbocycles. The van der Waals surface area contributed by atoms with E-state index >= 15 is 0 Å². The van der Waals surface area contributed by atoms with Crippen molar-refractivity contribution in [2.45, 2.75) is 101 Å². The Kier molecular flexibility index (Phi) is 20.3. The number of piperidine rings is 2. The summed E-state index contributed by atoms with van der Waals surface area (Å²) in [6.07, 6.45) is -3.18. The molecule has 0 bridgehead atoms. The molecule has 8 heterocycles. The Hall–Kier alpha value is -5.05. The van der Waals surface area contributed by atoms with Crippen LogP contribution < -0.4 is 26.6 Å². The molecule has 4 aromatic heterocycles. The molecule has 4 saturated heterocycles. The summed E-state index contributed by atoms with van der Waals surface area (Å²) < 4.78 is 86.1. The van der Waals surface area contributed by atoms with Gasteiger partial charge in [-0.2, -0.15) is 26.3 Å². The van der Waals surface area contributed by atoms with Gasteiger partial charge in [0, 0.05) is 85.9 Å².